The van der Waals surface area contributed by atoms with Crippen molar-refractivity contribution in [1.82, 2.24) is 5.32 Å². The molecule has 0 fully saturated rings. The van der Waals surface area contributed by atoms with Gasteiger partial charge in [-0.05, 0) is 17.7 Å². The summed E-state index contributed by atoms with van der Waals surface area (Å²) in [6.45, 7) is -0.947. The molecule has 0 radical (unpaired) electrons. The molecule has 0 aromatic heterocycles. The smallest absolute Gasteiger partial charge is 0.253 e. The number of hydrogen-bond acceptors (Lipinski definition) is 4. The van der Waals surface area contributed by atoms with Crippen molar-refractivity contribution in [2.75, 3.05) is 19.5 Å². The maximum atomic E-state index is 12.8. The number of amides is 1. The molecular formula is C12H17Cl2FN2O3. The Morgan fingerprint density at radius 3 is 2.25 bits per heavy atom. The van der Waals surface area contributed by atoms with Crippen molar-refractivity contribution in [1.29, 1.82) is 0 Å². The second-order valence-electron chi connectivity index (χ2n) is 3.68. The van der Waals surface area contributed by atoms with Gasteiger partial charge in [0.15, 0.2) is 4.84 Å². The van der Waals surface area contributed by atoms with Crippen LogP contribution in [0.1, 0.15) is 11.7 Å². The number of nitrogens with two attached hydrogens (primary N) is 1. The lowest BCUT2D eigenvalue weighted by Crippen LogP contribution is -2.43. The Bertz CT molecular complexity index is 404. The number of halogens is 3. The molecule has 0 aliphatic carbocycles. The van der Waals surface area contributed by atoms with Crippen molar-refractivity contribution < 1.29 is 19.4 Å². The van der Waals surface area contributed by atoms with Gasteiger partial charge < -0.3 is 21.3 Å². The van der Waals surface area contributed by atoms with E-state index in [4.69, 9.17) is 34.0 Å². The number of hydrogen-bond donors (Lipinski definition) is 4. The number of nitrogen functional groups attached to an aromatic ring is 1. The molecule has 0 spiro atoms. The first-order valence-corrected chi connectivity index (χ1v) is 6.45. The fourth-order valence-electron chi connectivity index (χ4n) is 1.37. The monoisotopic (exact) mass is 326 g/mol. The van der Waals surface area contributed by atoms with E-state index in [0.29, 0.717) is 11.3 Å². The zero-order valence-electron chi connectivity index (χ0n) is 10.8. The Morgan fingerprint density at radius 1 is 1.35 bits per heavy atom. The molecule has 5 nitrogen and oxygen atoms in total. The number of carbonyl (C=O) groups is 1. The van der Waals surface area contributed by atoms with Gasteiger partial charge in [0.05, 0.1) is 6.04 Å². The summed E-state index contributed by atoms with van der Waals surface area (Å²) in [5.41, 5.74) is 6.45. The summed E-state index contributed by atoms with van der Waals surface area (Å²) < 4.78 is 12.8. The first kappa shape index (κ1) is 18.9. The first-order chi connectivity index (χ1) is 9.45. The van der Waals surface area contributed by atoms with Crippen LogP contribution in [0.2, 0.25) is 0 Å². The van der Waals surface area contributed by atoms with Crippen LogP contribution in [-0.4, -0.2) is 40.8 Å². The fourth-order valence-corrected chi connectivity index (χ4v) is 1.50. The van der Waals surface area contributed by atoms with Gasteiger partial charge in [-0.2, -0.15) is 0 Å². The second kappa shape index (κ2) is 9.77. The van der Waals surface area contributed by atoms with Crippen LogP contribution in [0.3, 0.4) is 0 Å². The van der Waals surface area contributed by atoms with Gasteiger partial charge in [-0.3, -0.25) is 4.79 Å². The van der Waals surface area contributed by atoms with E-state index in [0.717, 1.165) is 7.11 Å². The van der Waals surface area contributed by atoms with E-state index in [-0.39, 0.29) is 0 Å². The summed E-state index contributed by atoms with van der Waals surface area (Å²) in [7, 11) is 1.00. The van der Waals surface area contributed by atoms with Gasteiger partial charge in [-0.25, -0.2) is 4.39 Å². The van der Waals surface area contributed by atoms with E-state index in [2.05, 4.69) is 5.32 Å². The molecule has 1 rings (SSSR count). The molecule has 0 aliphatic heterocycles. The van der Waals surface area contributed by atoms with Gasteiger partial charge in [-0.15, -0.1) is 0 Å². The number of aliphatic hydroxyl groups is 2. The van der Waals surface area contributed by atoms with E-state index in [1.165, 1.54) is 0 Å². The predicted molar refractivity (Wildman–Crippen MR) is 77.4 cm³/mol. The third-order valence-electron chi connectivity index (χ3n) is 2.35. The summed E-state index contributed by atoms with van der Waals surface area (Å²) in [5.74, 6) is -0.754. The van der Waals surface area contributed by atoms with Gasteiger partial charge in [0.2, 0.25) is 0 Å². The zero-order chi connectivity index (χ0) is 15.7. The number of benzene rings is 1. The Kier molecular flexibility index (Phi) is 9.24. The highest BCUT2D eigenvalue weighted by Gasteiger charge is 2.24. The van der Waals surface area contributed by atoms with Crippen LogP contribution < -0.4 is 11.1 Å². The fraction of sp³-hybridized carbons (Fsp3) is 0.417. The quantitative estimate of drug-likeness (QED) is 0.482. The van der Waals surface area contributed by atoms with E-state index < -0.39 is 29.6 Å². The van der Waals surface area contributed by atoms with Crippen molar-refractivity contribution in [3.8, 4) is 0 Å². The van der Waals surface area contributed by atoms with Crippen LogP contribution in [0.4, 0.5) is 10.1 Å². The highest BCUT2D eigenvalue weighted by atomic mass is 35.5. The second-order valence-corrected chi connectivity index (χ2v) is 4.78. The van der Waals surface area contributed by atoms with E-state index in [1.807, 2.05) is 0 Å². The summed E-state index contributed by atoms with van der Waals surface area (Å²) >= 11 is 10.7. The SMILES string of the molecule is CO.Nc1ccc(C(O)C(CF)NC(=O)C(Cl)Cl)cc1. The van der Waals surface area contributed by atoms with Gasteiger partial charge in [0, 0.05) is 12.8 Å². The van der Waals surface area contributed by atoms with Crippen LogP contribution in [0.15, 0.2) is 24.3 Å². The number of alkyl halides is 3. The average Bonchev–Trinajstić information content (AvgIpc) is 2.46. The number of anilines is 1. The highest BCUT2D eigenvalue weighted by molar-refractivity contribution is 6.53. The van der Waals surface area contributed by atoms with Gasteiger partial charge in [-0.1, -0.05) is 35.3 Å². The molecule has 1 amide bonds. The predicted octanol–water partition coefficient (Wildman–Crippen LogP) is 1.17. The minimum atomic E-state index is -1.31. The molecule has 0 aliphatic rings. The molecule has 114 valence electrons. The molecule has 0 saturated heterocycles. The molecule has 2 atom stereocenters. The van der Waals surface area contributed by atoms with Gasteiger partial charge in [0.25, 0.3) is 5.91 Å². The van der Waals surface area contributed by atoms with E-state index >= 15 is 0 Å². The molecular weight excluding hydrogens is 310 g/mol. The van der Waals surface area contributed by atoms with Crippen LogP contribution in [0, 0.1) is 0 Å². The van der Waals surface area contributed by atoms with Crippen LogP contribution in [-0.2, 0) is 4.79 Å². The van der Waals surface area contributed by atoms with E-state index in [1.54, 1.807) is 24.3 Å². The lowest BCUT2D eigenvalue weighted by Gasteiger charge is -2.22. The number of rotatable bonds is 5. The number of carbonyl (C=O) groups excluding carboxylic acids is 1. The van der Waals surface area contributed by atoms with Crippen LogP contribution in [0.5, 0.6) is 0 Å². The Morgan fingerprint density at radius 2 is 1.85 bits per heavy atom. The van der Waals surface area contributed by atoms with Gasteiger partial charge in [0.1, 0.15) is 12.8 Å². The molecule has 8 heteroatoms. The maximum absolute atomic E-state index is 12.8. The number of aliphatic hydroxyl groups excluding tert-OH is 2. The van der Waals surface area contributed by atoms with Crippen molar-refractivity contribution in [2.45, 2.75) is 17.0 Å². The van der Waals surface area contributed by atoms with Crippen molar-refractivity contribution in [3.05, 3.63) is 29.8 Å². The van der Waals surface area contributed by atoms with Crippen molar-refractivity contribution in [3.63, 3.8) is 0 Å². The molecule has 0 saturated carbocycles. The first-order valence-electron chi connectivity index (χ1n) is 5.58. The maximum Gasteiger partial charge on any atom is 0.253 e. The lowest BCUT2D eigenvalue weighted by molar-refractivity contribution is -0.121. The summed E-state index contributed by atoms with van der Waals surface area (Å²) in [6, 6.07) is 5.13. The molecule has 0 bridgehead atoms. The van der Waals surface area contributed by atoms with E-state index in [9.17, 15) is 14.3 Å². The highest BCUT2D eigenvalue weighted by Crippen LogP contribution is 2.19. The lowest BCUT2D eigenvalue weighted by atomic mass is 10.0. The summed E-state index contributed by atoms with van der Waals surface area (Å²) in [4.78, 5) is 9.92. The standard InChI is InChI=1S/C11H13Cl2FN2O2.CH4O/c12-10(13)11(18)16-8(5-14)9(17)6-1-3-7(15)4-2-6;1-2/h1-4,8-10,17H,5,15H2,(H,16,18);2H,1H3. The molecule has 2 unspecified atom stereocenters. The Balaban J connectivity index is 0.00000172. The molecule has 1 aromatic rings. The Labute approximate surface area is 126 Å². The third-order valence-corrected chi connectivity index (χ3v) is 2.75. The van der Waals surface area contributed by atoms with Crippen LogP contribution >= 0.6 is 23.2 Å². The Hall–Kier alpha value is -1.08. The molecule has 5 N–H and O–H groups in total. The molecule has 0 heterocycles. The minimum absolute atomic E-state index is 0.438. The average molecular weight is 327 g/mol. The topological polar surface area (TPSA) is 95.6 Å². The molecule has 1 aromatic carbocycles. The third kappa shape index (κ3) is 5.92. The van der Waals surface area contributed by atoms with Gasteiger partial charge >= 0.3 is 0 Å². The minimum Gasteiger partial charge on any atom is -0.400 e. The zero-order valence-corrected chi connectivity index (χ0v) is 12.3. The summed E-state index contributed by atoms with van der Waals surface area (Å²) in [6.07, 6.45) is -1.20. The summed E-state index contributed by atoms with van der Waals surface area (Å²) in [5, 5.41) is 19.1. The molecule has 20 heavy (non-hydrogen) atoms. The van der Waals surface area contributed by atoms with Crippen molar-refractivity contribution >= 4 is 34.8 Å². The normalized spacial score (nSPS) is 13.2. The number of nitrogens with one attached hydrogen (secondary N) is 1. The van der Waals surface area contributed by atoms with Crippen LogP contribution in [0.25, 0.3) is 0 Å². The largest absolute Gasteiger partial charge is 0.400 e. The van der Waals surface area contributed by atoms with Crippen molar-refractivity contribution in [2.24, 2.45) is 0 Å².